The van der Waals surface area contributed by atoms with Crippen LogP contribution in [0.5, 0.6) is 0 Å². The number of amides is 1. The molecule has 2 atom stereocenters. The van der Waals surface area contributed by atoms with Gasteiger partial charge in [0.15, 0.2) is 6.61 Å². The molecule has 1 aromatic rings. The molecule has 2 fully saturated rings. The summed E-state index contributed by atoms with van der Waals surface area (Å²) in [4.78, 5) is 30.7. The zero-order valence-corrected chi connectivity index (χ0v) is 17.8. The molecular formula is C20H29N3O5S. The molecule has 3 rings (SSSR count). The van der Waals surface area contributed by atoms with Gasteiger partial charge in [-0.25, -0.2) is 8.42 Å². The summed E-state index contributed by atoms with van der Waals surface area (Å²) in [6, 6.07) is 3.41. The van der Waals surface area contributed by atoms with E-state index in [0.29, 0.717) is 12.8 Å². The van der Waals surface area contributed by atoms with Crippen LogP contribution in [0.25, 0.3) is 0 Å². The topological polar surface area (TPSA) is 96.9 Å². The first kappa shape index (κ1) is 21.7. The number of carbonyl (C=O) groups is 2. The Hall–Kier alpha value is -2.00. The zero-order valence-electron chi connectivity index (χ0n) is 17.0. The van der Waals surface area contributed by atoms with Crippen LogP contribution < -0.4 is 0 Å². The lowest BCUT2D eigenvalue weighted by Gasteiger charge is -2.39. The number of rotatable bonds is 5. The van der Waals surface area contributed by atoms with Crippen LogP contribution in [0.4, 0.5) is 0 Å². The highest BCUT2D eigenvalue weighted by atomic mass is 32.2. The number of sulfonamides is 1. The van der Waals surface area contributed by atoms with Crippen LogP contribution in [0, 0.1) is 5.92 Å². The first-order valence-corrected chi connectivity index (χ1v) is 11.6. The second-order valence-corrected chi connectivity index (χ2v) is 9.84. The molecule has 1 aromatic heterocycles. The van der Waals surface area contributed by atoms with Gasteiger partial charge in [0, 0.05) is 37.6 Å². The van der Waals surface area contributed by atoms with E-state index in [1.165, 1.54) is 22.8 Å². The lowest BCUT2D eigenvalue weighted by atomic mass is 9.97. The highest BCUT2D eigenvalue weighted by molar-refractivity contribution is 7.89. The molecule has 1 amide bonds. The Bertz CT molecular complexity index is 812. The van der Waals surface area contributed by atoms with Crippen LogP contribution >= 0.6 is 0 Å². The van der Waals surface area contributed by atoms with Crippen molar-refractivity contribution in [3.63, 3.8) is 0 Å². The number of hydrogen-bond donors (Lipinski definition) is 0. The van der Waals surface area contributed by atoms with E-state index in [2.05, 4.69) is 4.98 Å². The van der Waals surface area contributed by atoms with Gasteiger partial charge in [0.1, 0.15) is 4.90 Å². The summed E-state index contributed by atoms with van der Waals surface area (Å²) in [5.41, 5.74) is 0. The molecule has 0 aromatic carbocycles. The van der Waals surface area contributed by atoms with Crippen molar-refractivity contribution in [2.75, 3.05) is 19.7 Å². The molecule has 2 unspecified atom stereocenters. The maximum Gasteiger partial charge on any atom is 0.309 e. The van der Waals surface area contributed by atoms with E-state index in [-0.39, 0.29) is 48.5 Å². The smallest absolute Gasteiger partial charge is 0.309 e. The van der Waals surface area contributed by atoms with Crippen LogP contribution in [-0.4, -0.2) is 66.3 Å². The number of piperidine rings is 2. The molecule has 160 valence electrons. The third-order valence-corrected chi connectivity index (χ3v) is 7.76. The predicted molar refractivity (Wildman–Crippen MR) is 106 cm³/mol. The van der Waals surface area contributed by atoms with Gasteiger partial charge in [-0.15, -0.1) is 0 Å². The van der Waals surface area contributed by atoms with Crippen molar-refractivity contribution in [1.29, 1.82) is 0 Å². The molecule has 3 heterocycles. The quantitative estimate of drug-likeness (QED) is 0.670. The van der Waals surface area contributed by atoms with E-state index in [9.17, 15) is 18.0 Å². The monoisotopic (exact) mass is 423 g/mol. The summed E-state index contributed by atoms with van der Waals surface area (Å²) >= 11 is 0. The first-order chi connectivity index (χ1) is 13.8. The van der Waals surface area contributed by atoms with E-state index in [0.717, 1.165) is 19.3 Å². The average molecular weight is 424 g/mol. The Morgan fingerprint density at radius 2 is 1.79 bits per heavy atom. The highest BCUT2D eigenvalue weighted by Gasteiger charge is 2.34. The normalized spacial score (nSPS) is 24.3. The molecule has 0 bridgehead atoms. The molecule has 0 spiro atoms. The summed E-state index contributed by atoms with van der Waals surface area (Å²) in [7, 11) is -3.61. The second-order valence-electron chi connectivity index (χ2n) is 7.90. The number of carbonyl (C=O) groups excluding carboxylic acids is 2. The van der Waals surface area contributed by atoms with Gasteiger partial charge in [-0.05, 0) is 58.1 Å². The number of nitrogens with zero attached hydrogens (tertiary/aromatic N) is 3. The molecule has 8 nitrogen and oxygen atoms in total. The maximum absolute atomic E-state index is 12.6. The van der Waals surface area contributed by atoms with Crippen LogP contribution in [-0.2, 0) is 24.3 Å². The molecular weight excluding hydrogens is 394 g/mol. The summed E-state index contributed by atoms with van der Waals surface area (Å²) in [6.45, 7) is 4.28. The molecule has 29 heavy (non-hydrogen) atoms. The van der Waals surface area contributed by atoms with E-state index >= 15 is 0 Å². The SMILES string of the molecule is CC1CCCC(C)N1C(=O)COC(=O)C1CCN(S(=O)(=O)c2cccnc2)CC1. The van der Waals surface area contributed by atoms with Gasteiger partial charge in [-0.1, -0.05) is 0 Å². The van der Waals surface area contributed by atoms with Crippen molar-refractivity contribution in [2.45, 2.75) is 62.9 Å². The van der Waals surface area contributed by atoms with Crippen LogP contribution in [0.15, 0.2) is 29.4 Å². The summed E-state index contributed by atoms with van der Waals surface area (Å²) < 4.78 is 31.9. The van der Waals surface area contributed by atoms with E-state index in [1.807, 2.05) is 18.7 Å². The molecule has 2 saturated heterocycles. The van der Waals surface area contributed by atoms with Crippen molar-refractivity contribution in [2.24, 2.45) is 5.92 Å². The Morgan fingerprint density at radius 3 is 2.38 bits per heavy atom. The van der Waals surface area contributed by atoms with Gasteiger partial charge in [0.2, 0.25) is 10.0 Å². The minimum atomic E-state index is -3.61. The Morgan fingerprint density at radius 1 is 1.14 bits per heavy atom. The Kier molecular flexibility index (Phi) is 6.89. The van der Waals surface area contributed by atoms with Crippen LogP contribution in [0.3, 0.4) is 0 Å². The molecule has 9 heteroatoms. The Labute approximate surface area is 172 Å². The fraction of sp³-hybridized carbons (Fsp3) is 0.650. The van der Waals surface area contributed by atoms with Gasteiger partial charge >= 0.3 is 5.97 Å². The second kappa shape index (κ2) is 9.21. The Balaban J connectivity index is 1.49. The van der Waals surface area contributed by atoms with Gasteiger partial charge < -0.3 is 9.64 Å². The lowest BCUT2D eigenvalue weighted by Crippen LogP contribution is -2.49. The fourth-order valence-corrected chi connectivity index (χ4v) is 5.65. The maximum atomic E-state index is 12.6. The summed E-state index contributed by atoms with van der Waals surface area (Å²) in [5.74, 6) is -0.969. The highest BCUT2D eigenvalue weighted by Crippen LogP contribution is 2.25. The van der Waals surface area contributed by atoms with Crippen molar-refractivity contribution in [3.8, 4) is 0 Å². The van der Waals surface area contributed by atoms with E-state index < -0.39 is 16.0 Å². The number of pyridine rings is 1. The predicted octanol–water partition coefficient (Wildman–Crippen LogP) is 1.81. The molecule has 0 N–H and O–H groups in total. The molecule has 0 radical (unpaired) electrons. The van der Waals surface area contributed by atoms with Crippen LogP contribution in [0.1, 0.15) is 46.0 Å². The zero-order chi connectivity index (χ0) is 21.0. The van der Waals surface area contributed by atoms with Gasteiger partial charge in [0.25, 0.3) is 5.91 Å². The number of aromatic nitrogens is 1. The average Bonchev–Trinajstić information content (AvgIpc) is 2.72. The van der Waals surface area contributed by atoms with E-state index in [1.54, 1.807) is 6.07 Å². The van der Waals surface area contributed by atoms with Crippen molar-refractivity contribution in [1.82, 2.24) is 14.2 Å². The minimum absolute atomic E-state index is 0.149. The molecule has 2 aliphatic rings. The number of hydrogen-bond acceptors (Lipinski definition) is 6. The third kappa shape index (κ3) is 4.95. The fourth-order valence-electron chi connectivity index (χ4n) is 4.22. The molecule has 2 aliphatic heterocycles. The summed E-state index contributed by atoms with van der Waals surface area (Å²) in [6.07, 6.45) is 6.64. The molecule has 0 saturated carbocycles. The minimum Gasteiger partial charge on any atom is -0.455 e. The standard InChI is InChI=1S/C20H29N3O5S/c1-15-5-3-6-16(2)23(15)19(24)14-28-20(25)17-8-11-22(12-9-17)29(26,27)18-7-4-10-21-13-18/h4,7,10,13,15-17H,3,5-6,8-9,11-12,14H2,1-2H3. The number of ether oxygens (including phenoxy) is 1. The van der Waals surface area contributed by atoms with Crippen molar-refractivity contribution in [3.05, 3.63) is 24.5 Å². The molecule has 0 aliphatic carbocycles. The van der Waals surface area contributed by atoms with Gasteiger partial charge in [-0.3, -0.25) is 14.6 Å². The number of likely N-dealkylation sites (tertiary alicyclic amines) is 1. The summed E-state index contributed by atoms with van der Waals surface area (Å²) in [5, 5.41) is 0. The van der Waals surface area contributed by atoms with E-state index in [4.69, 9.17) is 4.74 Å². The largest absolute Gasteiger partial charge is 0.455 e. The van der Waals surface area contributed by atoms with Crippen LogP contribution in [0.2, 0.25) is 0 Å². The van der Waals surface area contributed by atoms with Crippen molar-refractivity contribution >= 4 is 21.9 Å². The van der Waals surface area contributed by atoms with Crippen molar-refractivity contribution < 1.29 is 22.7 Å². The lowest BCUT2D eigenvalue weighted by molar-refractivity contribution is -0.158. The number of esters is 1. The van der Waals surface area contributed by atoms with Gasteiger partial charge in [-0.2, -0.15) is 4.31 Å². The third-order valence-electron chi connectivity index (χ3n) is 5.88. The van der Waals surface area contributed by atoms with Gasteiger partial charge in [0.05, 0.1) is 5.92 Å². The first-order valence-electron chi connectivity index (χ1n) is 10.2.